The first-order valence-corrected chi connectivity index (χ1v) is 8.81. The van der Waals surface area contributed by atoms with Crippen molar-refractivity contribution in [2.45, 2.75) is 39.7 Å². The second-order valence-corrected chi connectivity index (χ2v) is 8.25. The maximum atomic E-state index is 11.4. The molecule has 0 saturated heterocycles. The van der Waals surface area contributed by atoms with E-state index in [4.69, 9.17) is 0 Å². The molecule has 2 heterocycles. The van der Waals surface area contributed by atoms with Gasteiger partial charge in [-0.15, -0.1) is 0 Å². The standard InChI is InChI=1S/C15H23N3O2S/c1-5-21(19,20)17-9-11-18-10-7-12-13(15(2,3)4)6-8-16-14(12)18/h6-8,10,17H,5,9,11H2,1-4H3. The van der Waals surface area contributed by atoms with Crippen LogP contribution in [0.15, 0.2) is 24.5 Å². The second-order valence-electron chi connectivity index (χ2n) is 6.15. The average Bonchev–Trinajstić information content (AvgIpc) is 2.81. The average molecular weight is 309 g/mol. The SMILES string of the molecule is CCS(=O)(=O)NCCn1ccc2c(C(C)(C)C)ccnc21. The molecule has 0 amide bonds. The molecule has 0 radical (unpaired) electrons. The number of rotatable bonds is 5. The fourth-order valence-corrected chi connectivity index (χ4v) is 2.95. The van der Waals surface area contributed by atoms with Crippen molar-refractivity contribution >= 4 is 21.1 Å². The highest BCUT2D eigenvalue weighted by Crippen LogP contribution is 2.29. The van der Waals surface area contributed by atoms with Gasteiger partial charge in [0.25, 0.3) is 0 Å². The van der Waals surface area contributed by atoms with Crippen LogP contribution in [-0.2, 0) is 22.0 Å². The third-order valence-corrected chi connectivity index (χ3v) is 4.93. The molecule has 0 unspecified atom stereocenters. The summed E-state index contributed by atoms with van der Waals surface area (Å²) in [4.78, 5) is 4.44. The molecule has 1 N–H and O–H groups in total. The molecule has 0 aliphatic carbocycles. The van der Waals surface area contributed by atoms with Gasteiger partial charge in [0, 0.05) is 30.9 Å². The molecule has 21 heavy (non-hydrogen) atoms. The van der Waals surface area contributed by atoms with Crippen LogP contribution >= 0.6 is 0 Å². The van der Waals surface area contributed by atoms with Crippen LogP contribution in [0.3, 0.4) is 0 Å². The first-order valence-electron chi connectivity index (χ1n) is 7.16. The molecule has 5 nitrogen and oxygen atoms in total. The molecule has 0 saturated carbocycles. The summed E-state index contributed by atoms with van der Waals surface area (Å²) in [6.07, 6.45) is 3.78. The minimum atomic E-state index is -3.14. The van der Waals surface area contributed by atoms with Gasteiger partial charge in [0.2, 0.25) is 10.0 Å². The Morgan fingerprint density at radius 2 is 2.00 bits per heavy atom. The van der Waals surface area contributed by atoms with Gasteiger partial charge in [0.1, 0.15) is 5.65 Å². The van der Waals surface area contributed by atoms with Gasteiger partial charge < -0.3 is 4.57 Å². The summed E-state index contributed by atoms with van der Waals surface area (Å²) < 4.78 is 27.5. The Morgan fingerprint density at radius 1 is 1.29 bits per heavy atom. The van der Waals surface area contributed by atoms with Gasteiger partial charge in [0.05, 0.1) is 5.75 Å². The number of nitrogens with zero attached hydrogens (tertiary/aromatic N) is 2. The molecular formula is C15H23N3O2S. The van der Waals surface area contributed by atoms with Crippen LogP contribution < -0.4 is 4.72 Å². The smallest absolute Gasteiger partial charge is 0.211 e. The lowest BCUT2D eigenvalue weighted by molar-refractivity contribution is 0.575. The van der Waals surface area contributed by atoms with Crippen molar-refractivity contribution in [1.29, 1.82) is 0 Å². The number of sulfonamides is 1. The van der Waals surface area contributed by atoms with Crippen LogP contribution in [0.1, 0.15) is 33.3 Å². The van der Waals surface area contributed by atoms with E-state index in [1.54, 1.807) is 6.92 Å². The van der Waals surface area contributed by atoms with Crippen molar-refractivity contribution in [2.24, 2.45) is 0 Å². The number of aromatic nitrogens is 2. The highest BCUT2D eigenvalue weighted by Gasteiger charge is 2.18. The van der Waals surface area contributed by atoms with E-state index in [1.807, 2.05) is 23.0 Å². The Kier molecular flexibility index (Phi) is 4.39. The van der Waals surface area contributed by atoms with Crippen molar-refractivity contribution in [3.63, 3.8) is 0 Å². The fraction of sp³-hybridized carbons (Fsp3) is 0.533. The topological polar surface area (TPSA) is 64.0 Å². The quantitative estimate of drug-likeness (QED) is 0.921. The highest BCUT2D eigenvalue weighted by molar-refractivity contribution is 7.89. The molecular weight excluding hydrogens is 286 g/mol. The fourth-order valence-electron chi connectivity index (χ4n) is 2.35. The van der Waals surface area contributed by atoms with Crippen LogP contribution in [0.25, 0.3) is 11.0 Å². The largest absolute Gasteiger partial charge is 0.331 e. The summed E-state index contributed by atoms with van der Waals surface area (Å²) in [5, 5.41) is 1.13. The number of fused-ring (bicyclic) bond motifs is 1. The number of pyridine rings is 1. The Labute approximate surface area is 126 Å². The van der Waals surface area contributed by atoms with Gasteiger partial charge >= 0.3 is 0 Å². The molecule has 2 rings (SSSR count). The molecule has 0 bridgehead atoms. The van der Waals surface area contributed by atoms with Gasteiger partial charge in [-0.2, -0.15) is 0 Å². The Balaban J connectivity index is 2.24. The molecule has 2 aromatic heterocycles. The van der Waals surface area contributed by atoms with E-state index in [9.17, 15) is 8.42 Å². The maximum Gasteiger partial charge on any atom is 0.211 e. The van der Waals surface area contributed by atoms with Crippen molar-refractivity contribution in [2.75, 3.05) is 12.3 Å². The number of hydrogen-bond acceptors (Lipinski definition) is 3. The van der Waals surface area contributed by atoms with Crippen LogP contribution in [0.2, 0.25) is 0 Å². The normalized spacial score (nSPS) is 13.0. The van der Waals surface area contributed by atoms with Gasteiger partial charge in [-0.25, -0.2) is 18.1 Å². The molecule has 0 aliphatic rings. The zero-order valence-electron chi connectivity index (χ0n) is 13.0. The first-order chi connectivity index (χ1) is 9.74. The summed E-state index contributed by atoms with van der Waals surface area (Å²) in [7, 11) is -3.14. The van der Waals surface area contributed by atoms with Gasteiger partial charge in [-0.3, -0.25) is 0 Å². The predicted octanol–water partition coefficient (Wildman–Crippen LogP) is 2.27. The van der Waals surface area contributed by atoms with Crippen LogP contribution in [0.4, 0.5) is 0 Å². The molecule has 0 aliphatic heterocycles. The lowest BCUT2D eigenvalue weighted by Gasteiger charge is -2.20. The number of hydrogen-bond donors (Lipinski definition) is 1. The van der Waals surface area contributed by atoms with Gasteiger partial charge in [-0.1, -0.05) is 20.8 Å². The van der Waals surface area contributed by atoms with Crippen LogP contribution in [0, 0.1) is 0 Å². The monoisotopic (exact) mass is 309 g/mol. The summed E-state index contributed by atoms with van der Waals surface area (Å²) in [5.41, 5.74) is 2.20. The minimum Gasteiger partial charge on any atom is -0.331 e. The summed E-state index contributed by atoms with van der Waals surface area (Å²) in [5.74, 6) is 0.103. The summed E-state index contributed by atoms with van der Waals surface area (Å²) in [6, 6.07) is 4.10. The molecule has 6 heteroatoms. The zero-order valence-corrected chi connectivity index (χ0v) is 13.9. The lowest BCUT2D eigenvalue weighted by Crippen LogP contribution is -2.28. The first kappa shape index (κ1) is 16.0. The maximum absolute atomic E-state index is 11.4. The van der Waals surface area contributed by atoms with Gasteiger partial charge in [0.15, 0.2) is 0 Å². The minimum absolute atomic E-state index is 0.0528. The van der Waals surface area contributed by atoms with E-state index in [2.05, 4.69) is 36.5 Å². The molecule has 0 fully saturated rings. The van der Waals surface area contributed by atoms with E-state index in [1.165, 1.54) is 5.56 Å². The Morgan fingerprint density at radius 3 is 2.62 bits per heavy atom. The van der Waals surface area contributed by atoms with Crippen molar-refractivity contribution in [3.8, 4) is 0 Å². The predicted molar refractivity (Wildman–Crippen MR) is 85.9 cm³/mol. The summed E-state index contributed by atoms with van der Waals surface area (Å²) >= 11 is 0. The van der Waals surface area contributed by atoms with E-state index in [0.717, 1.165) is 11.0 Å². The van der Waals surface area contributed by atoms with Gasteiger partial charge in [-0.05, 0) is 30.0 Å². The molecule has 116 valence electrons. The molecule has 0 spiro atoms. The van der Waals surface area contributed by atoms with E-state index in [-0.39, 0.29) is 11.2 Å². The Hall–Kier alpha value is -1.40. The molecule has 0 aromatic carbocycles. The third kappa shape index (κ3) is 3.63. The molecule has 2 aromatic rings. The van der Waals surface area contributed by atoms with E-state index < -0.39 is 10.0 Å². The number of nitrogens with one attached hydrogen (secondary N) is 1. The highest BCUT2D eigenvalue weighted by atomic mass is 32.2. The van der Waals surface area contributed by atoms with Crippen LogP contribution in [-0.4, -0.2) is 30.3 Å². The van der Waals surface area contributed by atoms with Crippen LogP contribution in [0.5, 0.6) is 0 Å². The van der Waals surface area contributed by atoms with Crippen molar-refractivity contribution in [3.05, 3.63) is 30.1 Å². The lowest BCUT2D eigenvalue weighted by atomic mass is 9.86. The third-order valence-electron chi connectivity index (χ3n) is 3.53. The second kappa shape index (κ2) is 5.77. The van der Waals surface area contributed by atoms with E-state index in [0.29, 0.717) is 13.1 Å². The van der Waals surface area contributed by atoms with Crippen molar-refractivity contribution < 1.29 is 8.42 Å². The summed E-state index contributed by atoms with van der Waals surface area (Å²) in [6.45, 7) is 9.10. The van der Waals surface area contributed by atoms with E-state index >= 15 is 0 Å². The van der Waals surface area contributed by atoms with Crippen molar-refractivity contribution in [1.82, 2.24) is 14.3 Å². The zero-order chi connectivity index (χ0) is 15.7. The Bertz CT molecular complexity index is 727. The molecule has 0 atom stereocenters.